The monoisotopic (exact) mass is 335 g/mol. The highest BCUT2D eigenvalue weighted by Crippen LogP contribution is 2.37. The maximum absolute atomic E-state index is 15.2. The fraction of sp³-hybridized carbons (Fsp3) is 0.588. The van der Waals surface area contributed by atoms with E-state index in [2.05, 4.69) is 0 Å². The van der Waals surface area contributed by atoms with Crippen LogP contribution in [-0.2, 0) is 22.3 Å². The molecule has 0 aromatic heterocycles. The number of halogens is 1. The Bertz CT molecular complexity index is 688. The van der Waals surface area contributed by atoms with E-state index >= 15 is 4.39 Å². The van der Waals surface area contributed by atoms with Crippen molar-refractivity contribution in [2.45, 2.75) is 58.8 Å². The fourth-order valence-electron chi connectivity index (χ4n) is 3.24. The van der Waals surface area contributed by atoms with Crippen molar-refractivity contribution < 1.29 is 23.6 Å². The molecule has 1 aromatic rings. The van der Waals surface area contributed by atoms with Crippen molar-refractivity contribution in [2.75, 3.05) is 6.54 Å². The lowest BCUT2D eigenvalue weighted by Gasteiger charge is -2.32. The molecule has 3 rings (SSSR count). The normalized spacial score (nSPS) is 21.8. The van der Waals surface area contributed by atoms with E-state index in [1.54, 1.807) is 0 Å². The van der Waals surface area contributed by atoms with Gasteiger partial charge in [0.2, 0.25) is 0 Å². The zero-order valence-corrected chi connectivity index (χ0v) is 14.8. The topological polar surface area (TPSA) is 59.0 Å². The third-order valence-electron chi connectivity index (χ3n) is 5.46. The van der Waals surface area contributed by atoms with Crippen molar-refractivity contribution in [3.63, 3.8) is 0 Å². The van der Waals surface area contributed by atoms with Crippen molar-refractivity contribution in [1.82, 2.24) is 4.90 Å². The van der Waals surface area contributed by atoms with E-state index in [0.29, 0.717) is 24.0 Å². The van der Waals surface area contributed by atoms with Gasteiger partial charge in [-0.3, -0.25) is 0 Å². The summed E-state index contributed by atoms with van der Waals surface area (Å²) < 4.78 is 27.2. The van der Waals surface area contributed by atoms with Crippen LogP contribution in [0.15, 0.2) is 6.07 Å². The first kappa shape index (κ1) is 17.2. The Kier molecular flexibility index (Phi) is 3.92. The lowest BCUT2D eigenvalue weighted by Crippen LogP contribution is -2.42. The molecule has 0 unspecified atom stereocenters. The SMILES string of the molecule is Cc1cc2c(c(F)c1B1OC(C)(C)C(C)(C)O1)CN(C(=O)O)CC2. The first-order valence-corrected chi connectivity index (χ1v) is 8.18. The van der Waals surface area contributed by atoms with Crippen LogP contribution in [0.1, 0.15) is 44.4 Å². The number of hydrogen-bond acceptors (Lipinski definition) is 3. The summed E-state index contributed by atoms with van der Waals surface area (Å²) in [5, 5.41) is 9.18. The summed E-state index contributed by atoms with van der Waals surface area (Å²) in [5.74, 6) is -0.408. The van der Waals surface area contributed by atoms with Crippen LogP contribution in [0, 0.1) is 12.7 Å². The average molecular weight is 335 g/mol. The summed E-state index contributed by atoms with van der Waals surface area (Å²) in [6.45, 7) is 9.97. The van der Waals surface area contributed by atoms with Crippen LogP contribution in [0.25, 0.3) is 0 Å². The van der Waals surface area contributed by atoms with Gasteiger partial charge >= 0.3 is 13.2 Å². The van der Waals surface area contributed by atoms with Gasteiger partial charge in [-0.2, -0.15) is 0 Å². The molecule has 1 fully saturated rings. The molecule has 1 aromatic carbocycles. The van der Waals surface area contributed by atoms with Gasteiger partial charge in [0.05, 0.1) is 17.7 Å². The number of carbonyl (C=O) groups is 1. The van der Waals surface area contributed by atoms with E-state index in [1.165, 1.54) is 4.90 Å². The maximum atomic E-state index is 15.2. The summed E-state index contributed by atoms with van der Waals surface area (Å²) in [6.07, 6.45) is -0.513. The molecule has 2 aliphatic rings. The van der Waals surface area contributed by atoms with E-state index in [1.807, 2.05) is 40.7 Å². The summed E-state index contributed by atoms with van der Waals surface area (Å²) in [5.41, 5.74) is 1.33. The van der Waals surface area contributed by atoms with Crippen molar-refractivity contribution in [1.29, 1.82) is 0 Å². The summed E-state index contributed by atoms with van der Waals surface area (Å²) >= 11 is 0. The molecule has 2 heterocycles. The van der Waals surface area contributed by atoms with Gasteiger partial charge in [0.1, 0.15) is 5.82 Å². The van der Waals surface area contributed by atoms with Crippen LogP contribution in [0.5, 0.6) is 0 Å². The van der Waals surface area contributed by atoms with Crippen molar-refractivity contribution in [3.05, 3.63) is 28.6 Å². The Morgan fingerprint density at radius 2 is 1.88 bits per heavy atom. The van der Waals surface area contributed by atoms with Crippen molar-refractivity contribution >= 4 is 18.7 Å². The number of hydrogen-bond donors (Lipinski definition) is 1. The molecule has 1 amide bonds. The third kappa shape index (κ3) is 2.60. The quantitative estimate of drug-likeness (QED) is 0.801. The Labute approximate surface area is 141 Å². The molecule has 0 spiro atoms. The number of nitrogens with zero attached hydrogens (tertiary/aromatic N) is 1. The minimum absolute atomic E-state index is 0.0588. The standard InChI is InChI=1S/C17H23BFNO4/c1-10-8-11-6-7-20(15(21)22)9-12(11)14(19)13(10)18-23-16(2,3)17(4,5)24-18/h8H,6-7,9H2,1-5H3,(H,21,22). The molecule has 0 saturated carbocycles. The molecule has 0 bridgehead atoms. The summed E-state index contributed by atoms with van der Waals surface area (Å²) in [6, 6.07) is 1.93. The fourth-order valence-corrected chi connectivity index (χ4v) is 3.24. The molecule has 2 aliphatic heterocycles. The Balaban J connectivity index is 2.02. The van der Waals surface area contributed by atoms with E-state index in [-0.39, 0.29) is 6.54 Å². The lowest BCUT2D eigenvalue weighted by molar-refractivity contribution is 0.00578. The number of rotatable bonds is 1. The Hall–Kier alpha value is -1.60. The summed E-state index contributed by atoms with van der Waals surface area (Å²) in [4.78, 5) is 12.4. The van der Waals surface area contributed by atoms with Crippen LogP contribution in [0.4, 0.5) is 9.18 Å². The van der Waals surface area contributed by atoms with Crippen molar-refractivity contribution in [3.8, 4) is 0 Å². The second kappa shape index (κ2) is 5.46. The lowest BCUT2D eigenvalue weighted by atomic mass is 9.73. The zero-order chi connectivity index (χ0) is 17.9. The summed E-state index contributed by atoms with van der Waals surface area (Å²) in [7, 11) is -0.791. The van der Waals surface area contributed by atoms with E-state index in [4.69, 9.17) is 9.31 Å². The molecule has 0 atom stereocenters. The number of fused-ring (bicyclic) bond motifs is 1. The van der Waals surface area contributed by atoms with Crippen LogP contribution in [0.2, 0.25) is 0 Å². The second-order valence-electron chi connectivity index (χ2n) is 7.60. The molecule has 5 nitrogen and oxygen atoms in total. The minimum Gasteiger partial charge on any atom is -0.465 e. The van der Waals surface area contributed by atoms with Crippen molar-refractivity contribution in [2.24, 2.45) is 0 Å². The van der Waals surface area contributed by atoms with Gasteiger partial charge in [-0.05, 0) is 52.2 Å². The van der Waals surface area contributed by atoms with Gasteiger partial charge in [-0.25, -0.2) is 9.18 Å². The van der Waals surface area contributed by atoms with Gasteiger partial charge in [0.25, 0.3) is 0 Å². The first-order valence-electron chi connectivity index (χ1n) is 8.18. The maximum Gasteiger partial charge on any atom is 0.498 e. The largest absolute Gasteiger partial charge is 0.498 e. The van der Waals surface area contributed by atoms with Crippen LogP contribution < -0.4 is 5.46 Å². The highest BCUT2D eigenvalue weighted by atomic mass is 19.1. The predicted octanol–water partition coefficient (Wildman–Crippen LogP) is 2.47. The smallest absolute Gasteiger partial charge is 0.465 e. The van der Waals surface area contributed by atoms with Crippen LogP contribution in [0.3, 0.4) is 0 Å². The second-order valence-corrected chi connectivity index (χ2v) is 7.60. The van der Waals surface area contributed by atoms with Gasteiger partial charge < -0.3 is 19.3 Å². The number of aryl methyl sites for hydroxylation is 1. The third-order valence-corrected chi connectivity index (χ3v) is 5.46. The van der Waals surface area contributed by atoms with Gasteiger partial charge in [0, 0.05) is 17.6 Å². The molecule has 0 radical (unpaired) electrons. The van der Waals surface area contributed by atoms with Crippen LogP contribution >= 0.6 is 0 Å². The van der Waals surface area contributed by atoms with E-state index < -0.39 is 30.2 Å². The average Bonchev–Trinajstić information content (AvgIpc) is 2.66. The molecule has 7 heteroatoms. The number of amides is 1. The molecule has 1 N–H and O–H groups in total. The molecule has 1 saturated heterocycles. The van der Waals surface area contributed by atoms with Gasteiger partial charge in [0.15, 0.2) is 0 Å². The molecule has 0 aliphatic carbocycles. The molecular weight excluding hydrogens is 312 g/mol. The number of benzene rings is 1. The Morgan fingerprint density at radius 3 is 2.42 bits per heavy atom. The number of carboxylic acid groups (broad SMARTS) is 1. The van der Waals surface area contributed by atoms with Gasteiger partial charge in [-0.15, -0.1) is 0 Å². The predicted molar refractivity (Wildman–Crippen MR) is 89.0 cm³/mol. The molecular formula is C17H23BFNO4. The Morgan fingerprint density at radius 1 is 1.29 bits per heavy atom. The van der Waals surface area contributed by atoms with Gasteiger partial charge in [-0.1, -0.05) is 6.07 Å². The highest BCUT2D eigenvalue weighted by Gasteiger charge is 2.53. The highest BCUT2D eigenvalue weighted by molar-refractivity contribution is 6.62. The van der Waals surface area contributed by atoms with E-state index in [0.717, 1.165) is 11.1 Å². The van der Waals surface area contributed by atoms with Crippen LogP contribution in [-0.4, -0.2) is 41.0 Å². The zero-order valence-electron chi connectivity index (χ0n) is 14.8. The minimum atomic E-state index is -1.03. The molecule has 24 heavy (non-hydrogen) atoms. The molecule has 130 valence electrons. The van der Waals surface area contributed by atoms with E-state index in [9.17, 15) is 9.90 Å². The first-order chi connectivity index (χ1) is 11.0.